The molecule has 1 N–H and O–H groups in total. The van der Waals surface area contributed by atoms with E-state index in [-0.39, 0.29) is 0 Å². The Bertz CT molecular complexity index is 470. The van der Waals surface area contributed by atoms with Gasteiger partial charge in [-0.1, -0.05) is 26.0 Å². The molecule has 0 spiro atoms. The molecule has 0 saturated heterocycles. The lowest BCUT2D eigenvalue weighted by molar-refractivity contribution is 0.295. The van der Waals surface area contributed by atoms with Crippen molar-refractivity contribution < 1.29 is 9.47 Å². The standard InChI is InChI=1S/C17H25NO2/c1-17(2)8-7-14(11-17)18-12-13-5-3-6-15-16(13)20-10-4-9-19-15/h3,5-6,14,18H,4,7-12H2,1-2H3. The summed E-state index contributed by atoms with van der Waals surface area (Å²) in [5.41, 5.74) is 1.71. The highest BCUT2D eigenvalue weighted by molar-refractivity contribution is 5.47. The quantitative estimate of drug-likeness (QED) is 0.915. The van der Waals surface area contributed by atoms with Gasteiger partial charge in [0.15, 0.2) is 11.5 Å². The van der Waals surface area contributed by atoms with Gasteiger partial charge in [0.1, 0.15) is 0 Å². The molecule has 1 fully saturated rings. The molecule has 1 saturated carbocycles. The Labute approximate surface area is 121 Å². The predicted octanol–water partition coefficient (Wildman–Crippen LogP) is 3.52. The van der Waals surface area contributed by atoms with Gasteiger partial charge in [-0.3, -0.25) is 0 Å². The van der Waals surface area contributed by atoms with Gasteiger partial charge >= 0.3 is 0 Å². The maximum absolute atomic E-state index is 5.87. The van der Waals surface area contributed by atoms with E-state index in [1.54, 1.807) is 0 Å². The largest absolute Gasteiger partial charge is 0.490 e. The van der Waals surface area contributed by atoms with Gasteiger partial charge in [0.25, 0.3) is 0 Å². The Morgan fingerprint density at radius 3 is 2.90 bits per heavy atom. The minimum Gasteiger partial charge on any atom is -0.490 e. The van der Waals surface area contributed by atoms with E-state index in [9.17, 15) is 0 Å². The van der Waals surface area contributed by atoms with Crippen molar-refractivity contribution in [3.63, 3.8) is 0 Å². The van der Waals surface area contributed by atoms with Crippen molar-refractivity contribution in [3.05, 3.63) is 23.8 Å². The van der Waals surface area contributed by atoms with E-state index >= 15 is 0 Å². The number of ether oxygens (including phenoxy) is 2. The zero-order chi connectivity index (χ0) is 14.0. The van der Waals surface area contributed by atoms with Crippen LogP contribution in [0.5, 0.6) is 11.5 Å². The molecular weight excluding hydrogens is 250 g/mol. The molecule has 3 heteroatoms. The van der Waals surface area contributed by atoms with Gasteiger partial charge in [-0.15, -0.1) is 0 Å². The molecule has 3 rings (SSSR count). The van der Waals surface area contributed by atoms with E-state index < -0.39 is 0 Å². The molecule has 1 aliphatic carbocycles. The average Bonchev–Trinajstić information content (AvgIpc) is 2.64. The molecule has 0 radical (unpaired) electrons. The number of para-hydroxylation sites is 1. The SMILES string of the molecule is CC1(C)CCC(NCc2cccc3c2OCCCO3)C1. The topological polar surface area (TPSA) is 30.5 Å². The zero-order valence-corrected chi connectivity index (χ0v) is 12.6. The molecule has 1 aliphatic heterocycles. The van der Waals surface area contributed by atoms with Gasteiger partial charge in [0.05, 0.1) is 13.2 Å². The van der Waals surface area contributed by atoms with Crippen LogP contribution in [-0.2, 0) is 6.54 Å². The molecule has 1 aromatic rings. The highest BCUT2D eigenvalue weighted by Gasteiger charge is 2.30. The van der Waals surface area contributed by atoms with Crippen molar-refractivity contribution in [2.75, 3.05) is 13.2 Å². The molecule has 1 heterocycles. The second-order valence-electron chi connectivity index (χ2n) is 6.78. The minimum absolute atomic E-state index is 0.491. The molecular formula is C17H25NO2. The number of hydrogen-bond donors (Lipinski definition) is 1. The third-order valence-corrected chi connectivity index (χ3v) is 4.40. The van der Waals surface area contributed by atoms with Gasteiger partial charge in [0.2, 0.25) is 0 Å². The van der Waals surface area contributed by atoms with Gasteiger partial charge < -0.3 is 14.8 Å². The first-order chi connectivity index (χ1) is 9.64. The van der Waals surface area contributed by atoms with Crippen LogP contribution in [0.4, 0.5) is 0 Å². The molecule has 1 aromatic carbocycles. The lowest BCUT2D eigenvalue weighted by Crippen LogP contribution is -2.27. The van der Waals surface area contributed by atoms with Crippen LogP contribution in [0.1, 0.15) is 45.1 Å². The van der Waals surface area contributed by atoms with Crippen LogP contribution in [-0.4, -0.2) is 19.3 Å². The first-order valence-corrected chi connectivity index (χ1v) is 7.75. The fourth-order valence-corrected chi connectivity index (χ4v) is 3.26. The first-order valence-electron chi connectivity index (χ1n) is 7.75. The van der Waals surface area contributed by atoms with Crippen LogP contribution in [0.3, 0.4) is 0 Å². The van der Waals surface area contributed by atoms with Gasteiger partial charge in [-0.05, 0) is 30.7 Å². The third-order valence-electron chi connectivity index (χ3n) is 4.40. The van der Waals surface area contributed by atoms with Gasteiger partial charge in [-0.2, -0.15) is 0 Å². The number of nitrogens with one attached hydrogen (secondary N) is 1. The van der Waals surface area contributed by atoms with E-state index in [0.717, 1.165) is 37.7 Å². The summed E-state index contributed by atoms with van der Waals surface area (Å²) >= 11 is 0. The van der Waals surface area contributed by atoms with Gasteiger partial charge in [-0.25, -0.2) is 0 Å². The van der Waals surface area contributed by atoms with Crippen molar-refractivity contribution in [1.29, 1.82) is 0 Å². The number of benzene rings is 1. The highest BCUT2D eigenvalue weighted by Crippen LogP contribution is 2.38. The van der Waals surface area contributed by atoms with Crippen LogP contribution in [0.2, 0.25) is 0 Å². The summed E-state index contributed by atoms with van der Waals surface area (Å²) in [5, 5.41) is 3.69. The Balaban J connectivity index is 1.66. The highest BCUT2D eigenvalue weighted by atomic mass is 16.5. The molecule has 0 bridgehead atoms. The second kappa shape index (κ2) is 5.65. The third kappa shape index (κ3) is 3.09. The molecule has 1 unspecified atom stereocenters. The van der Waals surface area contributed by atoms with Gasteiger partial charge in [0, 0.05) is 24.6 Å². The van der Waals surface area contributed by atoms with Crippen molar-refractivity contribution in [1.82, 2.24) is 5.32 Å². The maximum Gasteiger partial charge on any atom is 0.165 e. The summed E-state index contributed by atoms with van der Waals surface area (Å²) in [6.45, 7) is 7.09. The fraction of sp³-hybridized carbons (Fsp3) is 0.647. The lowest BCUT2D eigenvalue weighted by Gasteiger charge is -2.19. The normalized spacial score (nSPS) is 24.4. The summed E-state index contributed by atoms with van der Waals surface area (Å²) in [4.78, 5) is 0. The smallest absolute Gasteiger partial charge is 0.165 e. The Morgan fingerprint density at radius 1 is 1.25 bits per heavy atom. The van der Waals surface area contributed by atoms with E-state index in [4.69, 9.17) is 9.47 Å². The number of hydrogen-bond acceptors (Lipinski definition) is 3. The van der Waals surface area contributed by atoms with Crippen LogP contribution in [0.25, 0.3) is 0 Å². The first kappa shape index (κ1) is 13.7. The number of fused-ring (bicyclic) bond motifs is 1. The molecule has 110 valence electrons. The molecule has 0 aromatic heterocycles. The van der Waals surface area contributed by atoms with E-state index in [2.05, 4.69) is 31.3 Å². The molecule has 20 heavy (non-hydrogen) atoms. The van der Waals surface area contributed by atoms with E-state index in [1.807, 2.05) is 6.07 Å². The molecule has 0 amide bonds. The van der Waals surface area contributed by atoms with E-state index in [1.165, 1.54) is 24.8 Å². The fourth-order valence-electron chi connectivity index (χ4n) is 3.26. The Hall–Kier alpha value is -1.22. The summed E-state index contributed by atoms with van der Waals surface area (Å²) in [7, 11) is 0. The monoisotopic (exact) mass is 275 g/mol. The second-order valence-corrected chi connectivity index (χ2v) is 6.78. The summed E-state index contributed by atoms with van der Waals surface area (Å²) in [6, 6.07) is 6.83. The van der Waals surface area contributed by atoms with Crippen molar-refractivity contribution in [2.24, 2.45) is 5.41 Å². The van der Waals surface area contributed by atoms with Crippen LogP contribution in [0.15, 0.2) is 18.2 Å². The summed E-state index contributed by atoms with van der Waals surface area (Å²) in [6.07, 6.45) is 4.81. The molecule has 1 atom stereocenters. The molecule has 3 nitrogen and oxygen atoms in total. The van der Waals surface area contributed by atoms with Crippen LogP contribution >= 0.6 is 0 Å². The molecule has 2 aliphatic rings. The van der Waals surface area contributed by atoms with Crippen molar-refractivity contribution >= 4 is 0 Å². The van der Waals surface area contributed by atoms with E-state index in [0.29, 0.717) is 11.5 Å². The predicted molar refractivity (Wildman–Crippen MR) is 80.3 cm³/mol. The van der Waals surface area contributed by atoms with Crippen molar-refractivity contribution in [2.45, 2.75) is 52.1 Å². The maximum atomic E-state index is 5.87. The average molecular weight is 275 g/mol. The van der Waals surface area contributed by atoms with Crippen LogP contribution in [0, 0.1) is 5.41 Å². The van der Waals surface area contributed by atoms with Crippen molar-refractivity contribution in [3.8, 4) is 11.5 Å². The Morgan fingerprint density at radius 2 is 2.10 bits per heavy atom. The minimum atomic E-state index is 0.491. The number of rotatable bonds is 3. The lowest BCUT2D eigenvalue weighted by atomic mass is 9.92. The summed E-state index contributed by atoms with van der Waals surface area (Å²) < 4.78 is 11.6. The Kier molecular flexibility index (Phi) is 3.88. The van der Waals surface area contributed by atoms with Crippen LogP contribution < -0.4 is 14.8 Å². The zero-order valence-electron chi connectivity index (χ0n) is 12.6. The summed E-state index contributed by atoms with van der Waals surface area (Å²) in [5.74, 6) is 1.84.